The van der Waals surface area contributed by atoms with Gasteiger partial charge in [-0.3, -0.25) is 15.7 Å². The van der Waals surface area contributed by atoms with Crippen LogP contribution in [0.2, 0.25) is 0 Å². The Balaban J connectivity index is 2.60. The first-order valence-corrected chi connectivity index (χ1v) is 7.59. The van der Waals surface area contributed by atoms with Crippen LogP contribution in [-0.2, 0) is 0 Å². The van der Waals surface area contributed by atoms with E-state index in [9.17, 15) is 0 Å². The average molecular weight is 299 g/mol. The van der Waals surface area contributed by atoms with Crippen LogP contribution in [0, 0.1) is 22.8 Å². The lowest BCUT2D eigenvalue weighted by Gasteiger charge is -2.25. The minimum atomic E-state index is 0.102. The number of nitrogens with zero attached hydrogens (tertiary/aromatic N) is 3. The van der Waals surface area contributed by atoms with E-state index in [1.165, 1.54) is 5.57 Å². The number of aromatic nitrogens is 1. The van der Waals surface area contributed by atoms with E-state index in [1.807, 2.05) is 23.2 Å². The smallest absolute Gasteiger partial charge is 0.209 e. The average Bonchev–Trinajstić information content (AvgIpc) is 2.48. The fraction of sp³-hybridized carbons (Fsp3) is 0.471. The Bertz CT molecular complexity index is 526. The van der Waals surface area contributed by atoms with E-state index >= 15 is 0 Å². The largest absolute Gasteiger partial charge is 0.312 e. The van der Waals surface area contributed by atoms with Crippen molar-refractivity contribution in [3.05, 3.63) is 36.2 Å². The highest BCUT2D eigenvalue weighted by atomic mass is 15.3. The van der Waals surface area contributed by atoms with Crippen molar-refractivity contribution in [3.8, 4) is 6.19 Å². The Morgan fingerprint density at radius 3 is 2.68 bits per heavy atom. The molecule has 0 aliphatic carbocycles. The summed E-state index contributed by atoms with van der Waals surface area (Å²) >= 11 is 0. The zero-order chi connectivity index (χ0) is 16.4. The molecular weight excluding hydrogens is 274 g/mol. The molecule has 22 heavy (non-hydrogen) atoms. The van der Waals surface area contributed by atoms with Crippen LogP contribution in [0.5, 0.6) is 0 Å². The summed E-state index contributed by atoms with van der Waals surface area (Å²) in [5, 5.41) is 19.1. The predicted octanol–water partition coefficient (Wildman–Crippen LogP) is 3.67. The van der Waals surface area contributed by atoms with Gasteiger partial charge >= 0.3 is 0 Å². The SMILES string of the molecule is CC(C)=CCCC(C)CCN(C(=N)NC#N)c1ccncc1. The summed E-state index contributed by atoms with van der Waals surface area (Å²) in [5.74, 6) is 0.667. The van der Waals surface area contributed by atoms with Crippen molar-refractivity contribution >= 4 is 11.6 Å². The van der Waals surface area contributed by atoms with Crippen LogP contribution >= 0.6 is 0 Å². The standard InChI is InChI=1S/C17H25N5/c1-14(2)5-4-6-15(3)9-12-22(17(19)21-13-18)16-7-10-20-11-8-16/h5,7-8,10-11,15H,4,6,9,12H2,1-3H3,(H2,19,21). The molecule has 1 aromatic rings. The lowest BCUT2D eigenvalue weighted by Crippen LogP contribution is -2.39. The number of guanidine groups is 1. The number of allylic oxidation sites excluding steroid dienone is 2. The van der Waals surface area contributed by atoms with Gasteiger partial charge in [-0.05, 0) is 51.2 Å². The molecule has 0 aromatic carbocycles. The summed E-state index contributed by atoms with van der Waals surface area (Å²) in [7, 11) is 0. The molecule has 5 heteroatoms. The number of hydrogen-bond donors (Lipinski definition) is 2. The van der Waals surface area contributed by atoms with Crippen molar-refractivity contribution < 1.29 is 0 Å². The van der Waals surface area contributed by atoms with Crippen LogP contribution in [0.4, 0.5) is 5.69 Å². The fourth-order valence-corrected chi connectivity index (χ4v) is 2.16. The molecule has 1 rings (SSSR count). The molecule has 0 bridgehead atoms. The Morgan fingerprint density at radius 1 is 1.41 bits per heavy atom. The molecule has 0 spiro atoms. The second-order valence-electron chi connectivity index (χ2n) is 5.70. The van der Waals surface area contributed by atoms with Gasteiger partial charge in [0.15, 0.2) is 6.19 Å². The molecule has 0 saturated heterocycles. The first-order chi connectivity index (χ1) is 10.5. The number of hydrogen-bond acceptors (Lipinski definition) is 3. The quantitative estimate of drug-likeness (QED) is 0.265. The summed E-state index contributed by atoms with van der Waals surface area (Å²) < 4.78 is 0. The van der Waals surface area contributed by atoms with Crippen LogP contribution in [0.1, 0.15) is 40.0 Å². The molecule has 118 valence electrons. The Morgan fingerprint density at radius 2 is 2.09 bits per heavy atom. The van der Waals surface area contributed by atoms with E-state index in [0.717, 1.165) is 24.9 Å². The normalized spacial score (nSPS) is 11.2. The Hall–Kier alpha value is -2.35. The third kappa shape index (κ3) is 6.40. The maximum Gasteiger partial charge on any atom is 0.209 e. The van der Waals surface area contributed by atoms with E-state index in [2.05, 4.69) is 37.1 Å². The molecule has 1 aromatic heterocycles. The lowest BCUT2D eigenvalue weighted by atomic mass is 10.0. The van der Waals surface area contributed by atoms with Gasteiger partial charge < -0.3 is 4.90 Å². The summed E-state index contributed by atoms with van der Waals surface area (Å²) in [6.45, 7) is 7.16. The third-order valence-corrected chi connectivity index (χ3v) is 3.48. The highest BCUT2D eigenvalue weighted by Crippen LogP contribution is 2.17. The van der Waals surface area contributed by atoms with E-state index in [-0.39, 0.29) is 5.96 Å². The second kappa shape index (κ2) is 9.56. The van der Waals surface area contributed by atoms with Crippen molar-refractivity contribution in [2.45, 2.75) is 40.0 Å². The lowest BCUT2D eigenvalue weighted by molar-refractivity contribution is 0.502. The maximum atomic E-state index is 8.73. The number of pyridine rings is 1. The van der Waals surface area contributed by atoms with Crippen molar-refractivity contribution in [1.82, 2.24) is 10.3 Å². The first kappa shape index (κ1) is 17.7. The van der Waals surface area contributed by atoms with Gasteiger partial charge in [0.25, 0.3) is 0 Å². The summed E-state index contributed by atoms with van der Waals surface area (Å²) in [6, 6.07) is 3.70. The van der Waals surface area contributed by atoms with Crippen LogP contribution in [0.25, 0.3) is 0 Å². The number of nitrogens with one attached hydrogen (secondary N) is 2. The molecule has 0 saturated carbocycles. The van der Waals surface area contributed by atoms with Gasteiger partial charge in [-0.15, -0.1) is 0 Å². The molecule has 0 aliphatic rings. The summed E-state index contributed by atoms with van der Waals surface area (Å²) in [4.78, 5) is 5.80. The molecular formula is C17H25N5. The van der Waals surface area contributed by atoms with Crippen molar-refractivity contribution in [2.24, 2.45) is 5.92 Å². The fourth-order valence-electron chi connectivity index (χ4n) is 2.16. The van der Waals surface area contributed by atoms with Crippen molar-refractivity contribution in [3.63, 3.8) is 0 Å². The molecule has 0 radical (unpaired) electrons. The number of anilines is 1. The first-order valence-electron chi connectivity index (χ1n) is 7.59. The van der Waals surface area contributed by atoms with Crippen LogP contribution in [-0.4, -0.2) is 17.5 Å². The third-order valence-electron chi connectivity index (χ3n) is 3.48. The van der Waals surface area contributed by atoms with E-state index < -0.39 is 0 Å². The Kier molecular flexibility index (Phi) is 7.69. The van der Waals surface area contributed by atoms with Gasteiger partial charge in [-0.2, -0.15) is 5.26 Å². The zero-order valence-corrected chi connectivity index (χ0v) is 13.6. The van der Waals surface area contributed by atoms with Gasteiger partial charge in [0.2, 0.25) is 5.96 Å². The van der Waals surface area contributed by atoms with E-state index in [1.54, 1.807) is 12.4 Å². The maximum absolute atomic E-state index is 8.73. The van der Waals surface area contributed by atoms with Crippen molar-refractivity contribution in [2.75, 3.05) is 11.4 Å². The van der Waals surface area contributed by atoms with Gasteiger partial charge in [-0.1, -0.05) is 18.6 Å². The molecule has 0 fully saturated rings. The Labute approximate surface area is 133 Å². The molecule has 1 unspecified atom stereocenters. The van der Waals surface area contributed by atoms with Gasteiger partial charge in [-0.25, -0.2) is 0 Å². The molecule has 0 amide bonds. The van der Waals surface area contributed by atoms with E-state index in [4.69, 9.17) is 10.7 Å². The molecule has 1 heterocycles. The highest BCUT2D eigenvalue weighted by molar-refractivity contribution is 5.94. The molecule has 2 N–H and O–H groups in total. The summed E-state index contributed by atoms with van der Waals surface area (Å²) in [5.41, 5.74) is 2.23. The minimum Gasteiger partial charge on any atom is -0.312 e. The van der Waals surface area contributed by atoms with Crippen molar-refractivity contribution in [1.29, 1.82) is 10.7 Å². The summed E-state index contributed by atoms with van der Waals surface area (Å²) in [6.07, 6.45) is 10.7. The van der Waals surface area contributed by atoms with Gasteiger partial charge in [0, 0.05) is 24.6 Å². The van der Waals surface area contributed by atoms with Crippen LogP contribution in [0.3, 0.4) is 0 Å². The van der Waals surface area contributed by atoms with Crippen LogP contribution in [0.15, 0.2) is 36.2 Å². The topological polar surface area (TPSA) is 75.8 Å². The molecule has 5 nitrogen and oxygen atoms in total. The second-order valence-corrected chi connectivity index (χ2v) is 5.70. The van der Waals surface area contributed by atoms with Crippen LogP contribution < -0.4 is 10.2 Å². The minimum absolute atomic E-state index is 0.102. The number of rotatable bonds is 7. The van der Waals surface area contributed by atoms with Gasteiger partial charge in [0.05, 0.1) is 0 Å². The monoisotopic (exact) mass is 299 g/mol. The van der Waals surface area contributed by atoms with Gasteiger partial charge in [0.1, 0.15) is 0 Å². The predicted molar refractivity (Wildman–Crippen MR) is 90.5 cm³/mol. The van der Waals surface area contributed by atoms with E-state index in [0.29, 0.717) is 12.5 Å². The molecule has 1 atom stereocenters. The highest BCUT2D eigenvalue weighted by Gasteiger charge is 2.13. The zero-order valence-electron chi connectivity index (χ0n) is 13.6. The number of nitriles is 1. The molecule has 0 aliphatic heterocycles.